The molecule has 2 aromatic carbocycles. The van der Waals surface area contributed by atoms with Gasteiger partial charge in [-0.25, -0.2) is 0 Å². The highest BCUT2D eigenvalue weighted by atomic mass is 35.5. The molecular weight excluding hydrogens is 312 g/mol. The molecule has 0 unspecified atom stereocenters. The minimum atomic E-state index is -0.367. The topological polar surface area (TPSA) is 50.4 Å². The minimum absolute atomic E-state index is 0.0692. The summed E-state index contributed by atoms with van der Waals surface area (Å²) in [4.78, 5) is 13.0. The van der Waals surface area contributed by atoms with Gasteiger partial charge in [0.2, 0.25) is 5.43 Å². The second-order valence-corrected chi connectivity index (χ2v) is 7.01. The maximum absolute atomic E-state index is 13.0. The van der Waals surface area contributed by atoms with Crippen LogP contribution in [0.2, 0.25) is 5.02 Å². The van der Waals surface area contributed by atoms with Crippen molar-refractivity contribution in [2.24, 2.45) is 0 Å². The Morgan fingerprint density at radius 1 is 1.04 bits per heavy atom. The third-order valence-corrected chi connectivity index (χ3v) is 3.94. The Morgan fingerprint density at radius 2 is 1.70 bits per heavy atom. The van der Waals surface area contributed by atoms with Gasteiger partial charge in [-0.1, -0.05) is 44.5 Å². The first-order valence-corrected chi connectivity index (χ1v) is 7.71. The van der Waals surface area contributed by atoms with Crippen molar-refractivity contribution in [3.8, 4) is 16.9 Å². The molecule has 4 heteroatoms. The third-order valence-electron chi connectivity index (χ3n) is 3.69. The predicted octanol–water partition coefficient (Wildman–Crippen LogP) is 5.12. The van der Waals surface area contributed by atoms with Crippen LogP contribution in [0, 0.1) is 0 Å². The van der Waals surface area contributed by atoms with Gasteiger partial charge in [-0.05, 0) is 29.8 Å². The van der Waals surface area contributed by atoms with Crippen molar-refractivity contribution >= 4 is 22.6 Å². The maximum Gasteiger partial charge on any atom is 0.200 e. The molecule has 1 aromatic heterocycles. The van der Waals surface area contributed by atoms with Crippen LogP contribution in [0.3, 0.4) is 0 Å². The van der Waals surface area contributed by atoms with Crippen LogP contribution < -0.4 is 5.43 Å². The van der Waals surface area contributed by atoms with E-state index in [0.717, 1.165) is 5.56 Å². The molecule has 0 aliphatic heterocycles. The van der Waals surface area contributed by atoms with E-state index in [-0.39, 0.29) is 16.6 Å². The Hall–Kier alpha value is -2.26. The predicted molar refractivity (Wildman–Crippen MR) is 93.3 cm³/mol. The van der Waals surface area contributed by atoms with Gasteiger partial charge in [0.1, 0.15) is 17.1 Å². The van der Waals surface area contributed by atoms with Crippen LogP contribution >= 0.6 is 11.6 Å². The van der Waals surface area contributed by atoms with Crippen molar-refractivity contribution in [2.45, 2.75) is 26.2 Å². The van der Waals surface area contributed by atoms with Gasteiger partial charge in [-0.15, -0.1) is 0 Å². The van der Waals surface area contributed by atoms with Crippen LogP contribution in [0.1, 0.15) is 26.5 Å². The SMILES string of the molecule is CC(C)(C)c1oc2cc(O)ccc2c(=O)c1-c1ccc(Cl)cc1. The van der Waals surface area contributed by atoms with Crippen molar-refractivity contribution < 1.29 is 9.52 Å². The Morgan fingerprint density at radius 3 is 2.30 bits per heavy atom. The summed E-state index contributed by atoms with van der Waals surface area (Å²) in [6.45, 7) is 5.96. The summed E-state index contributed by atoms with van der Waals surface area (Å²) < 4.78 is 6.01. The van der Waals surface area contributed by atoms with Crippen LogP contribution in [-0.2, 0) is 5.41 Å². The van der Waals surface area contributed by atoms with Gasteiger partial charge in [0.15, 0.2) is 0 Å². The molecule has 1 heterocycles. The van der Waals surface area contributed by atoms with Gasteiger partial charge in [-0.3, -0.25) is 4.79 Å². The van der Waals surface area contributed by atoms with Crippen LogP contribution in [0.4, 0.5) is 0 Å². The molecule has 0 radical (unpaired) electrons. The average molecular weight is 329 g/mol. The van der Waals surface area contributed by atoms with Gasteiger partial charge < -0.3 is 9.52 Å². The highest BCUT2D eigenvalue weighted by Crippen LogP contribution is 2.34. The van der Waals surface area contributed by atoms with E-state index in [9.17, 15) is 9.90 Å². The van der Waals surface area contributed by atoms with Crippen molar-refractivity contribution in [1.82, 2.24) is 0 Å². The molecule has 1 N–H and O–H groups in total. The summed E-state index contributed by atoms with van der Waals surface area (Å²) in [5, 5.41) is 10.7. The normalized spacial score (nSPS) is 11.8. The number of benzene rings is 2. The lowest BCUT2D eigenvalue weighted by molar-refractivity contribution is 0.421. The second-order valence-electron chi connectivity index (χ2n) is 6.57. The number of hydrogen-bond donors (Lipinski definition) is 1. The Labute approximate surface area is 139 Å². The van der Waals surface area contributed by atoms with Crippen LogP contribution in [0.25, 0.3) is 22.1 Å². The molecule has 3 aromatic rings. The molecule has 0 atom stereocenters. The second kappa shape index (κ2) is 5.43. The largest absolute Gasteiger partial charge is 0.508 e. The number of fused-ring (bicyclic) bond motifs is 1. The summed E-state index contributed by atoms with van der Waals surface area (Å²) in [7, 11) is 0. The number of phenols is 1. The van der Waals surface area contributed by atoms with E-state index in [1.807, 2.05) is 32.9 Å². The summed E-state index contributed by atoms with van der Waals surface area (Å²) in [5.41, 5.74) is 1.21. The molecule has 0 amide bonds. The average Bonchev–Trinajstić information content (AvgIpc) is 2.47. The molecule has 0 aliphatic carbocycles. The molecule has 0 fully saturated rings. The fourth-order valence-corrected chi connectivity index (χ4v) is 2.71. The molecule has 23 heavy (non-hydrogen) atoms. The monoisotopic (exact) mass is 328 g/mol. The molecule has 3 rings (SSSR count). The molecule has 118 valence electrons. The lowest BCUT2D eigenvalue weighted by Crippen LogP contribution is -2.19. The number of phenolic OH excluding ortho intramolecular Hbond substituents is 1. The fourth-order valence-electron chi connectivity index (χ4n) is 2.59. The van der Waals surface area contributed by atoms with Crippen molar-refractivity contribution in [3.63, 3.8) is 0 Å². The Bertz CT molecular complexity index is 932. The number of hydrogen-bond acceptors (Lipinski definition) is 3. The zero-order valence-corrected chi connectivity index (χ0v) is 13.9. The first kappa shape index (κ1) is 15.6. The quantitative estimate of drug-likeness (QED) is 0.674. The maximum atomic E-state index is 13.0. The van der Waals surface area contributed by atoms with E-state index in [4.69, 9.17) is 16.0 Å². The third kappa shape index (κ3) is 2.84. The van der Waals surface area contributed by atoms with E-state index in [2.05, 4.69) is 0 Å². The standard InChI is InChI=1S/C19H17ClO3/c1-19(2,3)18-16(11-4-6-12(20)7-5-11)17(22)14-9-8-13(21)10-15(14)23-18/h4-10,21H,1-3H3. The molecule has 0 bridgehead atoms. The van der Waals surface area contributed by atoms with Gasteiger partial charge in [0, 0.05) is 16.5 Å². The summed E-state index contributed by atoms with van der Waals surface area (Å²) >= 11 is 5.95. The fraction of sp³-hybridized carbons (Fsp3) is 0.211. The first-order valence-electron chi connectivity index (χ1n) is 7.33. The Kier molecular flexibility index (Phi) is 3.69. The van der Waals surface area contributed by atoms with E-state index < -0.39 is 0 Å². The van der Waals surface area contributed by atoms with Crippen LogP contribution in [0.15, 0.2) is 51.7 Å². The molecular formula is C19H17ClO3. The van der Waals surface area contributed by atoms with E-state index in [1.54, 1.807) is 18.2 Å². The first-order chi connectivity index (χ1) is 10.8. The highest BCUT2D eigenvalue weighted by molar-refractivity contribution is 6.30. The summed E-state index contributed by atoms with van der Waals surface area (Å²) in [6.07, 6.45) is 0. The van der Waals surface area contributed by atoms with Crippen molar-refractivity contribution in [3.05, 3.63) is 63.5 Å². The zero-order valence-electron chi connectivity index (χ0n) is 13.2. The highest BCUT2D eigenvalue weighted by Gasteiger charge is 2.26. The van der Waals surface area contributed by atoms with Gasteiger partial charge in [0.25, 0.3) is 0 Å². The number of halogens is 1. The smallest absolute Gasteiger partial charge is 0.200 e. The molecule has 0 spiro atoms. The Balaban J connectivity index is 2.43. The van der Waals surface area contributed by atoms with E-state index in [1.165, 1.54) is 12.1 Å². The lowest BCUT2D eigenvalue weighted by Gasteiger charge is -2.21. The molecule has 0 aliphatic rings. The summed E-state index contributed by atoms with van der Waals surface area (Å²) in [5.74, 6) is 0.655. The lowest BCUT2D eigenvalue weighted by atomic mass is 9.86. The van der Waals surface area contributed by atoms with E-state index in [0.29, 0.717) is 27.3 Å². The molecule has 0 saturated heterocycles. The van der Waals surface area contributed by atoms with E-state index >= 15 is 0 Å². The van der Waals surface area contributed by atoms with Gasteiger partial charge >= 0.3 is 0 Å². The van der Waals surface area contributed by atoms with Gasteiger partial charge in [-0.2, -0.15) is 0 Å². The van der Waals surface area contributed by atoms with Crippen molar-refractivity contribution in [2.75, 3.05) is 0 Å². The summed E-state index contributed by atoms with van der Waals surface area (Å²) in [6, 6.07) is 11.7. The molecule has 0 saturated carbocycles. The van der Waals surface area contributed by atoms with Crippen LogP contribution in [0.5, 0.6) is 5.75 Å². The van der Waals surface area contributed by atoms with Crippen molar-refractivity contribution in [1.29, 1.82) is 0 Å². The zero-order chi connectivity index (χ0) is 16.8. The van der Waals surface area contributed by atoms with Crippen LogP contribution in [-0.4, -0.2) is 5.11 Å². The number of rotatable bonds is 1. The van der Waals surface area contributed by atoms with Gasteiger partial charge in [0.05, 0.1) is 10.9 Å². The number of aromatic hydroxyl groups is 1. The minimum Gasteiger partial charge on any atom is -0.508 e. The molecule has 3 nitrogen and oxygen atoms in total.